The third-order valence-corrected chi connectivity index (χ3v) is 3.32. The molecule has 2 N–H and O–H groups in total. The lowest BCUT2D eigenvalue weighted by molar-refractivity contribution is 0.514. The average Bonchev–Trinajstić information content (AvgIpc) is 2.69. The highest BCUT2D eigenvalue weighted by Crippen LogP contribution is 2.20. The summed E-state index contributed by atoms with van der Waals surface area (Å²) in [6.07, 6.45) is 3.51. The molecule has 1 aromatic carbocycles. The van der Waals surface area contributed by atoms with Gasteiger partial charge in [-0.3, -0.25) is 0 Å². The first-order valence-electron chi connectivity index (χ1n) is 6.77. The van der Waals surface area contributed by atoms with Gasteiger partial charge in [0, 0.05) is 6.54 Å². The number of aryl methyl sites for hydroxylation is 1. The van der Waals surface area contributed by atoms with Crippen molar-refractivity contribution in [2.45, 2.75) is 39.7 Å². The van der Waals surface area contributed by atoms with E-state index in [-0.39, 0.29) is 0 Å². The Bertz CT molecular complexity index is 604. The number of nitrogens with zero attached hydrogens (tertiary/aromatic N) is 3. The van der Waals surface area contributed by atoms with Crippen LogP contribution in [0.15, 0.2) is 18.2 Å². The molecule has 0 aliphatic heterocycles. The molecule has 19 heavy (non-hydrogen) atoms. The van der Waals surface area contributed by atoms with E-state index in [4.69, 9.17) is 11.0 Å². The van der Waals surface area contributed by atoms with Crippen molar-refractivity contribution in [3.63, 3.8) is 0 Å². The summed E-state index contributed by atoms with van der Waals surface area (Å²) in [6, 6.07) is 7.65. The van der Waals surface area contributed by atoms with Crippen molar-refractivity contribution < 1.29 is 0 Å². The van der Waals surface area contributed by atoms with Crippen LogP contribution >= 0.6 is 0 Å². The lowest BCUT2D eigenvalue weighted by Crippen LogP contribution is -2.04. The van der Waals surface area contributed by atoms with Crippen molar-refractivity contribution in [1.82, 2.24) is 9.55 Å². The first-order valence-corrected chi connectivity index (χ1v) is 6.77. The van der Waals surface area contributed by atoms with Gasteiger partial charge in [0.2, 0.25) is 5.95 Å². The minimum absolute atomic E-state index is 0.537. The van der Waals surface area contributed by atoms with Gasteiger partial charge in [0.05, 0.1) is 22.7 Å². The SMILES string of the molecule is CC(C)CCCCn1c(N)nc2ccc(C#N)cc21. The number of imidazole rings is 1. The van der Waals surface area contributed by atoms with Crippen molar-refractivity contribution >= 4 is 17.0 Å². The maximum Gasteiger partial charge on any atom is 0.201 e. The molecule has 4 heteroatoms. The number of benzene rings is 1. The number of hydrogen-bond donors (Lipinski definition) is 1. The second kappa shape index (κ2) is 5.75. The minimum Gasteiger partial charge on any atom is -0.369 e. The van der Waals surface area contributed by atoms with Gasteiger partial charge in [-0.1, -0.05) is 26.7 Å². The van der Waals surface area contributed by atoms with Crippen LogP contribution in [-0.2, 0) is 6.54 Å². The summed E-state index contributed by atoms with van der Waals surface area (Å²) in [7, 11) is 0. The molecule has 0 fully saturated rings. The molecule has 1 aromatic heterocycles. The highest BCUT2D eigenvalue weighted by molar-refractivity contribution is 5.79. The van der Waals surface area contributed by atoms with E-state index >= 15 is 0 Å². The van der Waals surface area contributed by atoms with E-state index in [1.165, 1.54) is 12.8 Å². The van der Waals surface area contributed by atoms with E-state index in [1.54, 1.807) is 6.07 Å². The zero-order valence-corrected chi connectivity index (χ0v) is 11.6. The predicted octanol–water partition coefficient (Wildman–Crippen LogP) is 3.32. The molecule has 0 amide bonds. The molecule has 100 valence electrons. The Hall–Kier alpha value is -2.02. The lowest BCUT2D eigenvalue weighted by atomic mass is 10.1. The molecule has 0 aliphatic rings. The number of rotatable bonds is 5. The molecule has 4 nitrogen and oxygen atoms in total. The number of unbranched alkanes of at least 4 members (excludes halogenated alkanes) is 1. The highest BCUT2D eigenvalue weighted by atomic mass is 15.1. The van der Waals surface area contributed by atoms with Crippen molar-refractivity contribution in [3.05, 3.63) is 23.8 Å². The van der Waals surface area contributed by atoms with Crippen LogP contribution in [0.5, 0.6) is 0 Å². The molecule has 0 aliphatic carbocycles. The second-order valence-electron chi connectivity index (χ2n) is 5.33. The van der Waals surface area contributed by atoms with E-state index < -0.39 is 0 Å². The van der Waals surface area contributed by atoms with Crippen LogP contribution in [0.25, 0.3) is 11.0 Å². The van der Waals surface area contributed by atoms with Gasteiger partial charge in [-0.25, -0.2) is 4.98 Å². The van der Waals surface area contributed by atoms with Crippen LogP contribution in [0, 0.1) is 17.2 Å². The Morgan fingerprint density at radius 2 is 2.16 bits per heavy atom. The zero-order valence-electron chi connectivity index (χ0n) is 11.6. The summed E-state index contributed by atoms with van der Waals surface area (Å²) >= 11 is 0. The van der Waals surface area contributed by atoms with Gasteiger partial charge in [-0.15, -0.1) is 0 Å². The molecule has 0 unspecified atom stereocenters. The molecule has 0 saturated carbocycles. The van der Waals surface area contributed by atoms with Crippen LogP contribution in [0.2, 0.25) is 0 Å². The third-order valence-electron chi connectivity index (χ3n) is 3.32. The maximum absolute atomic E-state index is 8.96. The number of nitrogen functional groups attached to an aromatic ring is 1. The van der Waals surface area contributed by atoms with Crippen LogP contribution in [0.1, 0.15) is 38.7 Å². The highest BCUT2D eigenvalue weighted by Gasteiger charge is 2.08. The summed E-state index contributed by atoms with van der Waals surface area (Å²) in [4.78, 5) is 4.33. The zero-order chi connectivity index (χ0) is 13.8. The first kappa shape index (κ1) is 13.4. The van der Waals surface area contributed by atoms with Crippen LogP contribution in [0.3, 0.4) is 0 Å². The number of nitriles is 1. The summed E-state index contributed by atoms with van der Waals surface area (Å²) in [5.41, 5.74) is 8.43. The molecule has 0 atom stereocenters. The number of aromatic nitrogens is 2. The van der Waals surface area contributed by atoms with Crippen molar-refractivity contribution in [2.24, 2.45) is 5.92 Å². The Morgan fingerprint density at radius 1 is 1.37 bits per heavy atom. The van der Waals surface area contributed by atoms with Crippen molar-refractivity contribution in [3.8, 4) is 6.07 Å². The number of anilines is 1. The van der Waals surface area contributed by atoms with Crippen LogP contribution < -0.4 is 5.73 Å². The van der Waals surface area contributed by atoms with Crippen LogP contribution in [0.4, 0.5) is 5.95 Å². The fourth-order valence-corrected chi connectivity index (χ4v) is 2.27. The first-order chi connectivity index (χ1) is 9.11. The van der Waals surface area contributed by atoms with Gasteiger partial charge >= 0.3 is 0 Å². The van der Waals surface area contributed by atoms with Gasteiger partial charge in [0.25, 0.3) is 0 Å². The monoisotopic (exact) mass is 256 g/mol. The molecule has 0 saturated heterocycles. The Balaban J connectivity index is 2.17. The summed E-state index contributed by atoms with van der Waals surface area (Å²) in [6.45, 7) is 5.34. The molecular formula is C15H20N4. The predicted molar refractivity (Wildman–Crippen MR) is 77.5 cm³/mol. The molecule has 1 heterocycles. The van der Waals surface area contributed by atoms with E-state index in [0.717, 1.165) is 29.9 Å². The number of hydrogen-bond acceptors (Lipinski definition) is 3. The number of nitrogens with two attached hydrogens (primary N) is 1. The van der Waals surface area contributed by atoms with E-state index in [2.05, 4.69) is 24.9 Å². The molecule has 2 rings (SSSR count). The van der Waals surface area contributed by atoms with Crippen molar-refractivity contribution in [2.75, 3.05) is 5.73 Å². The third kappa shape index (κ3) is 3.05. The van der Waals surface area contributed by atoms with Gasteiger partial charge in [-0.05, 0) is 30.5 Å². The van der Waals surface area contributed by atoms with E-state index in [9.17, 15) is 0 Å². The summed E-state index contributed by atoms with van der Waals surface area (Å²) < 4.78 is 2.01. The van der Waals surface area contributed by atoms with Gasteiger partial charge in [0.15, 0.2) is 0 Å². The van der Waals surface area contributed by atoms with Crippen molar-refractivity contribution in [1.29, 1.82) is 5.26 Å². The lowest BCUT2D eigenvalue weighted by Gasteiger charge is -2.07. The summed E-state index contributed by atoms with van der Waals surface area (Å²) in [5.74, 6) is 1.27. The van der Waals surface area contributed by atoms with Gasteiger partial charge in [0.1, 0.15) is 0 Å². The van der Waals surface area contributed by atoms with Crippen LogP contribution in [-0.4, -0.2) is 9.55 Å². The van der Waals surface area contributed by atoms with Gasteiger partial charge < -0.3 is 10.3 Å². The standard InChI is InChI=1S/C15H20N4/c1-11(2)5-3-4-8-19-14-9-12(10-16)6-7-13(14)18-15(19)17/h6-7,9,11H,3-5,8H2,1-2H3,(H2,17,18). The molecular weight excluding hydrogens is 236 g/mol. The van der Waals surface area contributed by atoms with E-state index in [0.29, 0.717) is 11.5 Å². The number of fused-ring (bicyclic) bond motifs is 1. The fourth-order valence-electron chi connectivity index (χ4n) is 2.27. The smallest absolute Gasteiger partial charge is 0.201 e. The molecule has 0 radical (unpaired) electrons. The molecule has 0 bridgehead atoms. The maximum atomic E-state index is 8.96. The fraction of sp³-hybridized carbons (Fsp3) is 0.467. The molecule has 2 aromatic rings. The van der Waals surface area contributed by atoms with E-state index in [1.807, 2.05) is 16.7 Å². The Morgan fingerprint density at radius 3 is 2.84 bits per heavy atom. The average molecular weight is 256 g/mol. The largest absolute Gasteiger partial charge is 0.369 e. The minimum atomic E-state index is 0.537. The Kier molecular flexibility index (Phi) is 4.06. The molecule has 0 spiro atoms. The second-order valence-corrected chi connectivity index (χ2v) is 5.33. The Labute approximate surface area is 113 Å². The normalized spacial score (nSPS) is 11.1. The van der Waals surface area contributed by atoms with Gasteiger partial charge in [-0.2, -0.15) is 5.26 Å². The topological polar surface area (TPSA) is 67.6 Å². The quantitative estimate of drug-likeness (QED) is 0.834. The summed E-state index contributed by atoms with van der Waals surface area (Å²) in [5, 5.41) is 8.96.